The van der Waals surface area contributed by atoms with Gasteiger partial charge in [-0.15, -0.1) is 0 Å². The number of rotatable bonds is 2. The zero-order valence-corrected chi connectivity index (χ0v) is 12.1. The van der Waals surface area contributed by atoms with Crippen LogP contribution in [0.5, 0.6) is 0 Å². The van der Waals surface area contributed by atoms with E-state index in [4.69, 9.17) is 0 Å². The fourth-order valence-corrected chi connectivity index (χ4v) is 2.90. The zero-order chi connectivity index (χ0) is 15.0. The van der Waals surface area contributed by atoms with E-state index in [-0.39, 0.29) is 10.6 Å². The van der Waals surface area contributed by atoms with Crippen molar-refractivity contribution < 1.29 is 4.92 Å². The molecule has 21 heavy (non-hydrogen) atoms. The number of nitro benzene ring substituents is 1. The Morgan fingerprint density at radius 3 is 2.95 bits per heavy atom. The maximum absolute atomic E-state index is 11.2. The Hall–Kier alpha value is -2.21. The molecular formula is C15H18N4O2. The number of piperazine rings is 1. The van der Waals surface area contributed by atoms with Crippen molar-refractivity contribution in [3.63, 3.8) is 0 Å². The van der Waals surface area contributed by atoms with Crippen LogP contribution in [0.3, 0.4) is 0 Å². The van der Waals surface area contributed by atoms with Crippen LogP contribution in [0.15, 0.2) is 30.5 Å². The molecule has 1 aromatic heterocycles. The van der Waals surface area contributed by atoms with Crippen molar-refractivity contribution in [2.45, 2.75) is 25.9 Å². The van der Waals surface area contributed by atoms with E-state index in [1.165, 1.54) is 6.07 Å². The van der Waals surface area contributed by atoms with Gasteiger partial charge in [0.2, 0.25) is 0 Å². The second-order valence-electron chi connectivity index (χ2n) is 5.57. The summed E-state index contributed by atoms with van der Waals surface area (Å²) in [5.41, 5.74) is 1.54. The number of nitro groups is 1. The minimum absolute atomic E-state index is 0.0604. The number of para-hydroxylation sites is 1. The molecule has 1 aliphatic heterocycles. The largest absolute Gasteiger partial charge is 0.365 e. The second kappa shape index (κ2) is 5.29. The summed E-state index contributed by atoms with van der Waals surface area (Å²) in [5, 5.41) is 15.4. The average molecular weight is 286 g/mol. The second-order valence-corrected chi connectivity index (χ2v) is 5.57. The van der Waals surface area contributed by atoms with Gasteiger partial charge in [0.1, 0.15) is 5.52 Å². The van der Waals surface area contributed by atoms with E-state index in [1.54, 1.807) is 12.3 Å². The minimum atomic E-state index is -0.372. The monoisotopic (exact) mass is 286 g/mol. The molecule has 0 amide bonds. The van der Waals surface area contributed by atoms with Crippen LogP contribution < -0.4 is 10.2 Å². The van der Waals surface area contributed by atoms with Crippen molar-refractivity contribution in [2.75, 3.05) is 18.0 Å². The molecule has 1 N–H and O–H groups in total. The van der Waals surface area contributed by atoms with E-state index in [2.05, 4.69) is 29.0 Å². The van der Waals surface area contributed by atoms with E-state index in [0.29, 0.717) is 17.6 Å². The third-order valence-corrected chi connectivity index (χ3v) is 4.00. The van der Waals surface area contributed by atoms with Crippen LogP contribution in [-0.4, -0.2) is 35.1 Å². The van der Waals surface area contributed by atoms with Gasteiger partial charge in [0, 0.05) is 48.5 Å². The highest BCUT2D eigenvalue weighted by Gasteiger charge is 2.25. The lowest BCUT2D eigenvalue weighted by atomic mass is 10.1. The summed E-state index contributed by atoms with van der Waals surface area (Å²) in [4.78, 5) is 17.3. The third kappa shape index (κ3) is 2.42. The number of non-ortho nitro benzene ring substituents is 1. The third-order valence-electron chi connectivity index (χ3n) is 4.00. The molecule has 6 heteroatoms. The van der Waals surface area contributed by atoms with Gasteiger partial charge in [-0.2, -0.15) is 0 Å². The van der Waals surface area contributed by atoms with E-state index in [0.717, 1.165) is 24.2 Å². The summed E-state index contributed by atoms with van der Waals surface area (Å²) in [5.74, 6) is 0. The Balaban J connectivity index is 2.15. The molecule has 3 rings (SSSR count). The first-order valence-electron chi connectivity index (χ1n) is 7.10. The van der Waals surface area contributed by atoms with Crippen molar-refractivity contribution in [1.29, 1.82) is 0 Å². The first kappa shape index (κ1) is 13.8. The fraction of sp³-hybridized carbons (Fsp3) is 0.400. The molecule has 0 bridgehead atoms. The molecule has 1 aromatic carbocycles. The number of anilines is 1. The van der Waals surface area contributed by atoms with Gasteiger partial charge in [0.05, 0.1) is 4.92 Å². The molecule has 6 nitrogen and oxygen atoms in total. The highest BCUT2D eigenvalue weighted by molar-refractivity contribution is 5.96. The number of hydrogen-bond acceptors (Lipinski definition) is 5. The SMILES string of the molecule is CC1CN(c2ccnc3c([N+](=O)[O-])cccc23)C(C)CN1. The number of pyridine rings is 1. The molecule has 2 aromatic rings. The van der Waals surface area contributed by atoms with Crippen molar-refractivity contribution in [1.82, 2.24) is 10.3 Å². The van der Waals surface area contributed by atoms with Gasteiger partial charge >= 0.3 is 0 Å². The summed E-state index contributed by atoms with van der Waals surface area (Å²) in [6.07, 6.45) is 1.66. The lowest BCUT2D eigenvalue weighted by Crippen LogP contribution is -2.54. The highest BCUT2D eigenvalue weighted by atomic mass is 16.6. The first-order chi connectivity index (χ1) is 10.1. The van der Waals surface area contributed by atoms with Crippen molar-refractivity contribution in [2.24, 2.45) is 0 Å². The Kier molecular flexibility index (Phi) is 3.47. The molecule has 2 unspecified atom stereocenters. The van der Waals surface area contributed by atoms with Crippen LogP contribution >= 0.6 is 0 Å². The van der Waals surface area contributed by atoms with Gasteiger partial charge in [-0.3, -0.25) is 10.1 Å². The summed E-state index contributed by atoms with van der Waals surface area (Å²) in [7, 11) is 0. The molecular weight excluding hydrogens is 268 g/mol. The molecule has 2 atom stereocenters. The number of aromatic nitrogens is 1. The van der Waals surface area contributed by atoms with E-state index in [9.17, 15) is 10.1 Å². The Labute approximate surface area is 122 Å². The fourth-order valence-electron chi connectivity index (χ4n) is 2.90. The molecule has 110 valence electrons. The van der Waals surface area contributed by atoms with Crippen LogP contribution in [0.2, 0.25) is 0 Å². The predicted octanol–water partition coefficient (Wildman–Crippen LogP) is 2.33. The van der Waals surface area contributed by atoms with Crippen molar-refractivity contribution >= 4 is 22.3 Å². The highest BCUT2D eigenvalue weighted by Crippen LogP contribution is 2.32. The summed E-state index contributed by atoms with van der Waals surface area (Å²) in [6, 6.07) is 7.81. The maximum Gasteiger partial charge on any atom is 0.295 e. The number of hydrogen-bond donors (Lipinski definition) is 1. The Morgan fingerprint density at radius 2 is 2.19 bits per heavy atom. The molecule has 0 radical (unpaired) electrons. The van der Waals surface area contributed by atoms with Gasteiger partial charge in [0.15, 0.2) is 0 Å². The Bertz CT molecular complexity index is 688. The first-order valence-corrected chi connectivity index (χ1v) is 7.10. The number of benzene rings is 1. The minimum Gasteiger partial charge on any atom is -0.365 e. The molecule has 2 heterocycles. The lowest BCUT2D eigenvalue weighted by Gasteiger charge is -2.39. The van der Waals surface area contributed by atoms with Gasteiger partial charge in [-0.05, 0) is 19.9 Å². The van der Waals surface area contributed by atoms with Crippen LogP contribution in [0.4, 0.5) is 11.4 Å². The maximum atomic E-state index is 11.2. The smallest absolute Gasteiger partial charge is 0.295 e. The summed E-state index contributed by atoms with van der Waals surface area (Å²) in [6.45, 7) is 6.08. The van der Waals surface area contributed by atoms with Gasteiger partial charge < -0.3 is 10.2 Å². The molecule has 1 saturated heterocycles. The predicted molar refractivity (Wildman–Crippen MR) is 82.7 cm³/mol. The van der Waals surface area contributed by atoms with E-state index < -0.39 is 0 Å². The van der Waals surface area contributed by atoms with Gasteiger partial charge in [-0.1, -0.05) is 12.1 Å². The Morgan fingerprint density at radius 1 is 1.38 bits per heavy atom. The molecule has 0 aliphatic carbocycles. The van der Waals surface area contributed by atoms with Crippen LogP contribution in [0, 0.1) is 10.1 Å². The molecule has 1 aliphatic rings. The average Bonchev–Trinajstić information content (AvgIpc) is 2.48. The van der Waals surface area contributed by atoms with E-state index in [1.807, 2.05) is 12.1 Å². The van der Waals surface area contributed by atoms with Crippen molar-refractivity contribution in [3.8, 4) is 0 Å². The summed E-state index contributed by atoms with van der Waals surface area (Å²) >= 11 is 0. The quantitative estimate of drug-likeness (QED) is 0.677. The van der Waals surface area contributed by atoms with E-state index >= 15 is 0 Å². The van der Waals surface area contributed by atoms with Gasteiger partial charge in [-0.25, -0.2) is 4.98 Å². The van der Waals surface area contributed by atoms with Crippen molar-refractivity contribution in [3.05, 3.63) is 40.6 Å². The van der Waals surface area contributed by atoms with Crippen LogP contribution in [-0.2, 0) is 0 Å². The molecule has 1 fully saturated rings. The van der Waals surface area contributed by atoms with Crippen LogP contribution in [0.1, 0.15) is 13.8 Å². The zero-order valence-electron chi connectivity index (χ0n) is 12.1. The van der Waals surface area contributed by atoms with Gasteiger partial charge in [0.25, 0.3) is 5.69 Å². The molecule has 0 saturated carbocycles. The number of nitrogens with one attached hydrogen (secondary N) is 1. The number of fused-ring (bicyclic) bond motifs is 1. The van der Waals surface area contributed by atoms with Crippen LogP contribution in [0.25, 0.3) is 10.9 Å². The molecule has 0 spiro atoms. The summed E-state index contributed by atoms with van der Waals surface area (Å²) < 4.78 is 0. The topological polar surface area (TPSA) is 71.3 Å². The lowest BCUT2D eigenvalue weighted by molar-refractivity contribution is -0.383. The normalized spacial score (nSPS) is 22.5. The number of nitrogens with zero attached hydrogens (tertiary/aromatic N) is 3. The standard InChI is InChI=1S/C15H18N4O2/c1-10-9-18(11(2)8-17-10)13-6-7-16-15-12(13)4-3-5-14(15)19(20)21/h3-7,10-11,17H,8-9H2,1-2H3.